The highest BCUT2D eigenvalue weighted by molar-refractivity contribution is 7.89. The van der Waals surface area contributed by atoms with E-state index in [-0.39, 0.29) is 4.90 Å². The van der Waals surface area contributed by atoms with Gasteiger partial charge in [-0.25, -0.2) is 13.2 Å². The molecule has 1 aliphatic rings. The van der Waals surface area contributed by atoms with Gasteiger partial charge in [0.05, 0.1) is 10.5 Å². The van der Waals surface area contributed by atoms with Gasteiger partial charge in [0.25, 0.3) is 0 Å². The van der Waals surface area contributed by atoms with Crippen molar-refractivity contribution in [3.8, 4) is 5.75 Å². The Labute approximate surface area is 154 Å². The summed E-state index contributed by atoms with van der Waals surface area (Å²) in [6.45, 7) is 3.03. The van der Waals surface area contributed by atoms with Crippen LogP contribution in [0.4, 0.5) is 0 Å². The van der Waals surface area contributed by atoms with Crippen molar-refractivity contribution in [3.63, 3.8) is 0 Å². The molecule has 0 spiro atoms. The Hall–Kier alpha value is -2.18. The fourth-order valence-electron chi connectivity index (χ4n) is 3.04. The first-order chi connectivity index (χ1) is 12.5. The molecular weight excluding hydrogens is 350 g/mol. The van der Waals surface area contributed by atoms with Gasteiger partial charge in [-0.05, 0) is 61.7 Å². The molecule has 138 valence electrons. The second-order valence-corrected chi connectivity index (χ2v) is 8.49. The average molecular weight is 373 g/mol. The van der Waals surface area contributed by atoms with Crippen LogP contribution in [-0.2, 0) is 10.0 Å². The van der Waals surface area contributed by atoms with Crippen molar-refractivity contribution in [1.82, 2.24) is 4.31 Å². The summed E-state index contributed by atoms with van der Waals surface area (Å²) in [7, 11) is -3.51. The maximum Gasteiger partial charge on any atom is 0.343 e. The van der Waals surface area contributed by atoms with Gasteiger partial charge < -0.3 is 4.74 Å². The molecule has 0 amide bonds. The molecule has 0 atom stereocenters. The fraction of sp³-hybridized carbons (Fsp3) is 0.350. The SMILES string of the molecule is Cc1cccc(OC(=O)c2ccc(S(=O)(=O)N3CCCCCC3)cc2)c1. The summed E-state index contributed by atoms with van der Waals surface area (Å²) < 4.78 is 32.4. The Balaban J connectivity index is 1.74. The van der Waals surface area contributed by atoms with Crippen LogP contribution in [-0.4, -0.2) is 31.8 Å². The summed E-state index contributed by atoms with van der Waals surface area (Å²) in [6.07, 6.45) is 3.91. The smallest absolute Gasteiger partial charge is 0.343 e. The molecule has 0 saturated carbocycles. The number of nitrogens with zero attached hydrogens (tertiary/aromatic N) is 1. The normalized spacial score (nSPS) is 16.0. The maximum atomic E-state index is 12.8. The second kappa shape index (κ2) is 8.01. The lowest BCUT2D eigenvalue weighted by molar-refractivity contribution is 0.0734. The number of carbonyl (C=O) groups excluding carboxylic acids is 1. The van der Waals surface area contributed by atoms with E-state index >= 15 is 0 Å². The zero-order valence-electron chi connectivity index (χ0n) is 14.8. The third kappa shape index (κ3) is 4.31. The van der Waals surface area contributed by atoms with Gasteiger partial charge in [-0.1, -0.05) is 25.0 Å². The standard InChI is InChI=1S/C20H23NO4S/c1-16-7-6-8-18(15-16)25-20(22)17-9-11-19(12-10-17)26(23,24)21-13-4-2-3-5-14-21/h6-12,15H,2-5,13-14H2,1H3. The first-order valence-electron chi connectivity index (χ1n) is 8.86. The molecule has 6 heteroatoms. The zero-order valence-corrected chi connectivity index (χ0v) is 15.7. The summed E-state index contributed by atoms with van der Waals surface area (Å²) >= 11 is 0. The quantitative estimate of drug-likeness (QED) is 0.604. The van der Waals surface area contributed by atoms with E-state index in [1.165, 1.54) is 24.3 Å². The van der Waals surface area contributed by atoms with E-state index in [0.717, 1.165) is 31.2 Å². The summed E-state index contributed by atoms with van der Waals surface area (Å²) in [5.74, 6) is -0.0365. The van der Waals surface area contributed by atoms with Gasteiger partial charge in [0.2, 0.25) is 10.0 Å². The van der Waals surface area contributed by atoms with E-state index in [2.05, 4.69) is 0 Å². The molecular formula is C20H23NO4S. The number of rotatable bonds is 4. The number of carbonyl (C=O) groups is 1. The molecule has 1 fully saturated rings. The van der Waals surface area contributed by atoms with E-state index in [0.29, 0.717) is 24.4 Å². The molecule has 3 rings (SSSR count). The predicted octanol–water partition coefficient (Wildman–Crippen LogP) is 3.78. The number of aryl methyl sites for hydroxylation is 1. The number of esters is 1. The van der Waals surface area contributed by atoms with Crippen molar-refractivity contribution < 1.29 is 17.9 Å². The van der Waals surface area contributed by atoms with Crippen LogP contribution in [0.1, 0.15) is 41.6 Å². The van der Waals surface area contributed by atoms with E-state index in [4.69, 9.17) is 4.74 Å². The number of sulfonamides is 1. The third-order valence-electron chi connectivity index (χ3n) is 4.49. The molecule has 0 bridgehead atoms. The molecule has 2 aromatic rings. The van der Waals surface area contributed by atoms with E-state index in [1.807, 2.05) is 19.1 Å². The summed E-state index contributed by atoms with van der Waals surface area (Å²) in [4.78, 5) is 12.5. The van der Waals surface area contributed by atoms with Crippen LogP contribution in [0, 0.1) is 6.92 Å². The van der Waals surface area contributed by atoms with Crippen LogP contribution < -0.4 is 4.74 Å². The molecule has 26 heavy (non-hydrogen) atoms. The number of hydrogen-bond acceptors (Lipinski definition) is 4. The van der Waals surface area contributed by atoms with E-state index in [9.17, 15) is 13.2 Å². The van der Waals surface area contributed by atoms with Gasteiger partial charge >= 0.3 is 5.97 Å². The Morgan fingerprint density at radius 2 is 1.62 bits per heavy atom. The van der Waals surface area contributed by atoms with Crippen molar-refractivity contribution in [2.75, 3.05) is 13.1 Å². The maximum absolute atomic E-state index is 12.8. The van der Waals surface area contributed by atoms with Crippen LogP contribution in [0.2, 0.25) is 0 Å². The first kappa shape index (κ1) is 18.6. The Bertz CT molecular complexity index is 867. The summed E-state index contributed by atoms with van der Waals surface area (Å²) in [5, 5.41) is 0. The number of benzene rings is 2. The first-order valence-corrected chi connectivity index (χ1v) is 10.3. The monoisotopic (exact) mass is 373 g/mol. The molecule has 0 aromatic heterocycles. The largest absolute Gasteiger partial charge is 0.423 e. The van der Waals surface area contributed by atoms with Gasteiger partial charge in [-0.2, -0.15) is 4.31 Å². The molecule has 2 aromatic carbocycles. The Morgan fingerprint density at radius 3 is 2.23 bits per heavy atom. The molecule has 0 aliphatic carbocycles. The van der Waals surface area contributed by atoms with Crippen molar-refractivity contribution in [3.05, 3.63) is 59.7 Å². The van der Waals surface area contributed by atoms with Crippen molar-refractivity contribution in [2.45, 2.75) is 37.5 Å². The van der Waals surface area contributed by atoms with E-state index < -0.39 is 16.0 Å². The number of hydrogen-bond donors (Lipinski definition) is 0. The predicted molar refractivity (Wildman–Crippen MR) is 99.8 cm³/mol. The minimum atomic E-state index is -3.51. The van der Waals surface area contributed by atoms with Gasteiger partial charge in [0.15, 0.2) is 0 Å². The van der Waals surface area contributed by atoms with Crippen LogP contribution in [0.5, 0.6) is 5.75 Å². The fourth-order valence-corrected chi connectivity index (χ4v) is 4.56. The van der Waals surface area contributed by atoms with Crippen LogP contribution in [0.25, 0.3) is 0 Å². The second-order valence-electron chi connectivity index (χ2n) is 6.55. The van der Waals surface area contributed by atoms with Crippen LogP contribution in [0.15, 0.2) is 53.4 Å². The van der Waals surface area contributed by atoms with Gasteiger partial charge in [0.1, 0.15) is 5.75 Å². The van der Waals surface area contributed by atoms with E-state index in [1.54, 1.807) is 16.4 Å². The lowest BCUT2D eigenvalue weighted by atomic mass is 10.2. The summed E-state index contributed by atoms with van der Waals surface area (Å²) in [5.41, 5.74) is 1.32. The van der Waals surface area contributed by atoms with Gasteiger partial charge in [-0.3, -0.25) is 0 Å². The highest BCUT2D eigenvalue weighted by Gasteiger charge is 2.25. The van der Waals surface area contributed by atoms with Gasteiger partial charge in [0, 0.05) is 13.1 Å². The molecule has 1 heterocycles. The van der Waals surface area contributed by atoms with Crippen molar-refractivity contribution in [2.24, 2.45) is 0 Å². The topological polar surface area (TPSA) is 63.7 Å². The molecule has 5 nitrogen and oxygen atoms in total. The zero-order chi connectivity index (χ0) is 18.6. The van der Waals surface area contributed by atoms with Gasteiger partial charge in [-0.15, -0.1) is 0 Å². The molecule has 0 unspecified atom stereocenters. The number of ether oxygens (including phenoxy) is 1. The Kier molecular flexibility index (Phi) is 5.74. The van der Waals surface area contributed by atoms with Crippen LogP contribution >= 0.6 is 0 Å². The van der Waals surface area contributed by atoms with Crippen LogP contribution in [0.3, 0.4) is 0 Å². The minimum absolute atomic E-state index is 0.214. The van der Waals surface area contributed by atoms with Crippen molar-refractivity contribution in [1.29, 1.82) is 0 Å². The lowest BCUT2D eigenvalue weighted by Crippen LogP contribution is -2.31. The Morgan fingerprint density at radius 1 is 0.962 bits per heavy atom. The minimum Gasteiger partial charge on any atom is -0.423 e. The lowest BCUT2D eigenvalue weighted by Gasteiger charge is -2.20. The van der Waals surface area contributed by atoms with Crippen molar-refractivity contribution >= 4 is 16.0 Å². The molecule has 0 radical (unpaired) electrons. The summed E-state index contributed by atoms with van der Waals surface area (Å²) in [6, 6.07) is 13.2. The molecule has 0 N–H and O–H groups in total. The average Bonchev–Trinajstić information content (AvgIpc) is 2.92. The highest BCUT2D eigenvalue weighted by Crippen LogP contribution is 2.21. The molecule has 1 saturated heterocycles. The third-order valence-corrected chi connectivity index (χ3v) is 6.41. The highest BCUT2D eigenvalue weighted by atomic mass is 32.2. The molecule has 1 aliphatic heterocycles.